The quantitative estimate of drug-likeness (QED) is 0.673. The number of hydrogen-bond acceptors (Lipinski definition) is 2. The normalized spacial score (nSPS) is 10.8. The number of aldehydes is 1. The number of carbonyl (C=O) groups is 1. The fraction of sp³-hybridized carbons (Fsp3) is 0.0667. The molecule has 0 radical (unpaired) electrons. The molecule has 0 bridgehead atoms. The number of halogens is 1. The zero-order chi connectivity index (χ0) is 13.2. The molecule has 2 aromatic heterocycles. The Morgan fingerprint density at radius 2 is 2.00 bits per heavy atom. The number of aromatic nitrogens is 2. The molecule has 0 fully saturated rings. The third-order valence-corrected chi connectivity index (χ3v) is 3.02. The summed E-state index contributed by atoms with van der Waals surface area (Å²) in [5.74, 6) is -0.241. The Labute approximate surface area is 109 Å². The van der Waals surface area contributed by atoms with Crippen LogP contribution in [0.15, 0.2) is 48.7 Å². The first-order chi connectivity index (χ1) is 9.28. The highest BCUT2D eigenvalue weighted by Crippen LogP contribution is 2.14. The van der Waals surface area contributed by atoms with Crippen molar-refractivity contribution < 1.29 is 9.18 Å². The van der Waals surface area contributed by atoms with Gasteiger partial charge in [-0.05, 0) is 23.8 Å². The van der Waals surface area contributed by atoms with E-state index in [1.807, 2.05) is 6.07 Å². The molecule has 0 saturated heterocycles. The smallest absolute Gasteiger partial charge is 0.166 e. The van der Waals surface area contributed by atoms with Crippen LogP contribution in [0.2, 0.25) is 0 Å². The topological polar surface area (TPSA) is 34.4 Å². The molecular weight excluding hydrogens is 243 g/mol. The maximum Gasteiger partial charge on any atom is 0.166 e. The van der Waals surface area contributed by atoms with Gasteiger partial charge in [0.1, 0.15) is 11.5 Å². The number of benzene rings is 1. The summed E-state index contributed by atoms with van der Waals surface area (Å²) >= 11 is 0. The molecule has 0 atom stereocenters. The van der Waals surface area contributed by atoms with E-state index in [1.165, 1.54) is 6.07 Å². The minimum absolute atomic E-state index is 0.241. The molecular formula is C15H11FN2O. The number of hydrogen-bond donors (Lipinski definition) is 0. The van der Waals surface area contributed by atoms with Crippen LogP contribution in [0.1, 0.15) is 21.7 Å². The number of rotatable bonds is 3. The molecule has 2 heterocycles. The van der Waals surface area contributed by atoms with Gasteiger partial charge in [0.15, 0.2) is 6.29 Å². The van der Waals surface area contributed by atoms with E-state index in [4.69, 9.17) is 0 Å². The van der Waals surface area contributed by atoms with Gasteiger partial charge in [0.25, 0.3) is 0 Å². The zero-order valence-corrected chi connectivity index (χ0v) is 10.1. The lowest BCUT2D eigenvalue weighted by Crippen LogP contribution is -1.93. The summed E-state index contributed by atoms with van der Waals surface area (Å²) in [6, 6.07) is 11.9. The highest BCUT2D eigenvalue weighted by atomic mass is 19.1. The van der Waals surface area contributed by atoms with Crippen molar-refractivity contribution in [3.05, 3.63) is 71.4 Å². The highest BCUT2D eigenvalue weighted by molar-refractivity contribution is 5.73. The van der Waals surface area contributed by atoms with Crippen molar-refractivity contribution in [2.75, 3.05) is 0 Å². The van der Waals surface area contributed by atoms with Crippen molar-refractivity contribution in [3.63, 3.8) is 0 Å². The Morgan fingerprint density at radius 3 is 2.79 bits per heavy atom. The van der Waals surface area contributed by atoms with Crippen LogP contribution >= 0.6 is 0 Å². The lowest BCUT2D eigenvalue weighted by atomic mass is 10.1. The van der Waals surface area contributed by atoms with Crippen LogP contribution in [0.25, 0.3) is 5.65 Å². The van der Waals surface area contributed by atoms with Crippen LogP contribution in [-0.2, 0) is 6.42 Å². The Kier molecular flexibility index (Phi) is 2.83. The van der Waals surface area contributed by atoms with Gasteiger partial charge in [-0.15, -0.1) is 0 Å². The number of fused-ring (bicyclic) bond motifs is 1. The maximum atomic E-state index is 13.6. The van der Waals surface area contributed by atoms with Crippen molar-refractivity contribution in [3.8, 4) is 0 Å². The molecule has 0 aliphatic carbocycles. The van der Waals surface area contributed by atoms with Gasteiger partial charge in [-0.2, -0.15) is 0 Å². The van der Waals surface area contributed by atoms with Crippen molar-refractivity contribution >= 4 is 11.9 Å². The van der Waals surface area contributed by atoms with Gasteiger partial charge in [0, 0.05) is 12.6 Å². The van der Waals surface area contributed by atoms with E-state index >= 15 is 0 Å². The number of carbonyl (C=O) groups excluding carboxylic acids is 1. The number of imidazole rings is 1. The molecule has 0 aliphatic heterocycles. The molecule has 0 aliphatic rings. The van der Waals surface area contributed by atoms with E-state index in [9.17, 15) is 9.18 Å². The van der Waals surface area contributed by atoms with Crippen molar-refractivity contribution in [2.24, 2.45) is 0 Å². The second-order valence-corrected chi connectivity index (χ2v) is 4.30. The lowest BCUT2D eigenvalue weighted by molar-refractivity contribution is 0.111. The molecule has 0 spiro atoms. The van der Waals surface area contributed by atoms with Crippen molar-refractivity contribution in [2.45, 2.75) is 6.42 Å². The van der Waals surface area contributed by atoms with Crippen LogP contribution in [-0.4, -0.2) is 15.7 Å². The van der Waals surface area contributed by atoms with Gasteiger partial charge in [-0.1, -0.05) is 24.3 Å². The molecule has 19 heavy (non-hydrogen) atoms. The molecule has 0 N–H and O–H groups in total. The monoisotopic (exact) mass is 254 g/mol. The summed E-state index contributed by atoms with van der Waals surface area (Å²) in [5, 5.41) is 0. The van der Waals surface area contributed by atoms with Gasteiger partial charge >= 0.3 is 0 Å². The number of nitrogens with zero attached hydrogens (tertiary/aromatic N) is 2. The van der Waals surface area contributed by atoms with Crippen molar-refractivity contribution in [1.82, 2.24) is 9.38 Å². The Morgan fingerprint density at radius 1 is 1.16 bits per heavy atom. The standard InChI is InChI=1S/C15H11FN2O/c16-14-6-2-1-4-11(14)8-12-9-18-13(10-19)5-3-7-15(18)17-12/h1-7,9-10H,8H2. The van der Waals surface area contributed by atoms with E-state index < -0.39 is 0 Å². The Balaban J connectivity index is 2.03. The fourth-order valence-corrected chi connectivity index (χ4v) is 2.10. The molecule has 0 unspecified atom stereocenters. The third-order valence-electron chi connectivity index (χ3n) is 3.02. The highest BCUT2D eigenvalue weighted by Gasteiger charge is 2.07. The van der Waals surface area contributed by atoms with Gasteiger partial charge in [-0.25, -0.2) is 9.37 Å². The first-order valence-corrected chi connectivity index (χ1v) is 5.93. The minimum atomic E-state index is -0.241. The molecule has 0 saturated carbocycles. The predicted octanol–water partition coefficient (Wildman–Crippen LogP) is 2.88. The summed E-state index contributed by atoms with van der Waals surface area (Å²) in [5.41, 5.74) is 2.55. The Bertz CT molecular complexity index is 749. The number of pyridine rings is 1. The molecule has 4 heteroatoms. The first-order valence-electron chi connectivity index (χ1n) is 5.93. The molecule has 94 valence electrons. The van der Waals surface area contributed by atoms with Gasteiger partial charge in [0.05, 0.1) is 11.4 Å². The van der Waals surface area contributed by atoms with E-state index in [0.29, 0.717) is 23.3 Å². The maximum absolute atomic E-state index is 13.6. The molecule has 3 rings (SSSR count). The SMILES string of the molecule is O=Cc1cccc2nc(Cc3ccccc3F)cn12. The fourth-order valence-electron chi connectivity index (χ4n) is 2.10. The summed E-state index contributed by atoms with van der Waals surface area (Å²) in [7, 11) is 0. The predicted molar refractivity (Wildman–Crippen MR) is 69.8 cm³/mol. The average molecular weight is 254 g/mol. The van der Waals surface area contributed by atoms with Crippen LogP contribution in [0, 0.1) is 5.82 Å². The minimum Gasteiger partial charge on any atom is -0.297 e. The Hall–Kier alpha value is -2.49. The van der Waals surface area contributed by atoms with Crippen molar-refractivity contribution in [1.29, 1.82) is 0 Å². The first kappa shape index (κ1) is 11.6. The third kappa shape index (κ3) is 2.12. The molecule has 0 amide bonds. The molecule has 3 nitrogen and oxygen atoms in total. The lowest BCUT2D eigenvalue weighted by Gasteiger charge is -1.99. The average Bonchev–Trinajstić information content (AvgIpc) is 2.83. The summed E-state index contributed by atoms with van der Waals surface area (Å²) in [6.45, 7) is 0. The van der Waals surface area contributed by atoms with Crippen LogP contribution < -0.4 is 0 Å². The second-order valence-electron chi connectivity index (χ2n) is 4.30. The summed E-state index contributed by atoms with van der Waals surface area (Å²) in [6.07, 6.45) is 2.96. The second kappa shape index (κ2) is 4.65. The van der Waals surface area contributed by atoms with E-state index in [-0.39, 0.29) is 5.82 Å². The van der Waals surface area contributed by atoms with Crippen LogP contribution in [0.5, 0.6) is 0 Å². The van der Waals surface area contributed by atoms with Gasteiger partial charge in [-0.3, -0.25) is 9.20 Å². The molecule has 1 aromatic carbocycles. The van der Waals surface area contributed by atoms with Gasteiger partial charge in [0.2, 0.25) is 0 Å². The zero-order valence-electron chi connectivity index (χ0n) is 10.1. The van der Waals surface area contributed by atoms with E-state index in [0.717, 1.165) is 12.0 Å². The van der Waals surface area contributed by atoms with Crippen LogP contribution in [0.4, 0.5) is 4.39 Å². The largest absolute Gasteiger partial charge is 0.297 e. The van der Waals surface area contributed by atoms with Crippen LogP contribution in [0.3, 0.4) is 0 Å². The summed E-state index contributed by atoms with van der Waals surface area (Å²) in [4.78, 5) is 15.3. The summed E-state index contributed by atoms with van der Waals surface area (Å²) < 4.78 is 15.3. The van der Waals surface area contributed by atoms with E-state index in [2.05, 4.69) is 4.98 Å². The van der Waals surface area contributed by atoms with Gasteiger partial charge < -0.3 is 0 Å². The molecule has 3 aromatic rings. The van der Waals surface area contributed by atoms with E-state index in [1.54, 1.807) is 40.9 Å².